The Morgan fingerprint density at radius 2 is 0.958 bits per heavy atom. The van der Waals surface area contributed by atoms with Gasteiger partial charge in [0.2, 0.25) is 53.2 Å². The van der Waals surface area contributed by atoms with E-state index < -0.39 is 158 Å². The molecule has 33 heteroatoms. The lowest BCUT2D eigenvalue weighted by atomic mass is 10.1. The summed E-state index contributed by atoms with van der Waals surface area (Å²) in [6.07, 6.45) is -2.48. The van der Waals surface area contributed by atoms with Crippen molar-refractivity contribution in [3.05, 3.63) is 0 Å². The monoisotopic (exact) mass is 1030 g/mol. The number of aliphatic imine (C=N–C) groups is 2. The molecule has 0 rings (SSSR count). The van der Waals surface area contributed by atoms with Gasteiger partial charge in [-0.25, -0.2) is 4.79 Å². The predicted molar refractivity (Wildman–Crippen MR) is 251 cm³/mol. The molecule has 72 heavy (non-hydrogen) atoms. The second-order valence-corrected chi connectivity index (χ2v) is 15.9. The number of aliphatic carboxylic acids is 3. The van der Waals surface area contributed by atoms with E-state index in [9.17, 15) is 78.0 Å². The van der Waals surface area contributed by atoms with Crippen molar-refractivity contribution in [2.45, 2.75) is 126 Å². The van der Waals surface area contributed by atoms with Crippen LogP contribution in [0.5, 0.6) is 0 Å². The first-order valence-corrected chi connectivity index (χ1v) is 22.2. The van der Waals surface area contributed by atoms with Gasteiger partial charge in [0.05, 0.1) is 32.0 Å². The predicted octanol–water partition coefficient (Wildman–Crippen LogP) is -9.63. The maximum absolute atomic E-state index is 13.7. The highest BCUT2D eigenvalue weighted by Crippen LogP contribution is 2.07. The Labute approximate surface area is 411 Å². The number of carbonyl (C=O) groups excluding carboxylic acids is 9. The number of guanidine groups is 2. The van der Waals surface area contributed by atoms with E-state index in [0.29, 0.717) is 19.4 Å². The molecule has 0 aliphatic rings. The molecule has 9 amide bonds. The highest BCUT2D eigenvalue weighted by Gasteiger charge is 2.34. The number of nitrogens with one attached hydrogen (secondary N) is 8. The zero-order valence-corrected chi connectivity index (χ0v) is 39.6. The maximum atomic E-state index is 13.7. The van der Waals surface area contributed by atoms with E-state index in [-0.39, 0.29) is 57.1 Å². The Balaban J connectivity index is 6.15. The Morgan fingerprint density at radius 3 is 1.44 bits per heavy atom. The van der Waals surface area contributed by atoms with Gasteiger partial charge in [-0.3, -0.25) is 62.7 Å². The van der Waals surface area contributed by atoms with Gasteiger partial charge < -0.3 is 103 Å². The summed E-state index contributed by atoms with van der Waals surface area (Å²) in [5.41, 5.74) is 37.9. The van der Waals surface area contributed by atoms with Gasteiger partial charge in [0.25, 0.3) is 0 Å². The van der Waals surface area contributed by atoms with E-state index in [2.05, 4.69) is 52.5 Å². The molecule has 0 spiro atoms. The lowest BCUT2D eigenvalue weighted by Crippen LogP contribution is -2.60. The Hall–Kier alpha value is -7.94. The molecular formula is C39H69N17O16. The number of hydrogen-bond donors (Lipinski definition) is 19. The third-order valence-electron chi connectivity index (χ3n) is 9.78. The molecule has 0 heterocycles. The second-order valence-electron chi connectivity index (χ2n) is 15.9. The summed E-state index contributed by atoms with van der Waals surface area (Å²) in [6, 6.07) is -13.0. The van der Waals surface area contributed by atoms with E-state index >= 15 is 0 Å². The quantitative estimate of drug-likeness (QED) is 0.0156. The van der Waals surface area contributed by atoms with Crippen LogP contribution in [-0.4, -0.2) is 185 Å². The van der Waals surface area contributed by atoms with E-state index in [1.807, 2.05) is 0 Å². The van der Waals surface area contributed by atoms with Crippen LogP contribution < -0.4 is 82.7 Å². The van der Waals surface area contributed by atoms with Crippen molar-refractivity contribution < 1.29 is 78.0 Å². The first-order chi connectivity index (χ1) is 33.7. The third-order valence-corrected chi connectivity index (χ3v) is 9.78. The fraction of sp³-hybridized carbons (Fsp3) is 0.641. The minimum Gasteiger partial charge on any atom is -0.481 e. The van der Waals surface area contributed by atoms with Gasteiger partial charge >= 0.3 is 17.9 Å². The van der Waals surface area contributed by atoms with Gasteiger partial charge in [0.1, 0.15) is 42.3 Å². The van der Waals surface area contributed by atoms with Gasteiger partial charge in [0.15, 0.2) is 11.9 Å². The van der Waals surface area contributed by atoms with Crippen LogP contribution in [0, 0.1) is 0 Å². The molecule has 0 aromatic rings. The fourth-order valence-corrected chi connectivity index (χ4v) is 6.01. The largest absolute Gasteiger partial charge is 0.481 e. The van der Waals surface area contributed by atoms with Gasteiger partial charge in [-0.2, -0.15) is 0 Å². The van der Waals surface area contributed by atoms with Crippen molar-refractivity contribution in [2.24, 2.45) is 50.1 Å². The molecule has 0 aliphatic heterocycles. The zero-order valence-electron chi connectivity index (χ0n) is 39.6. The van der Waals surface area contributed by atoms with Gasteiger partial charge in [0, 0.05) is 19.5 Å². The topological polar surface area (TPSA) is 589 Å². The lowest BCUT2D eigenvalue weighted by molar-refractivity contribution is -0.143. The highest BCUT2D eigenvalue weighted by molar-refractivity contribution is 5.99. The number of primary amides is 1. The lowest BCUT2D eigenvalue weighted by Gasteiger charge is -2.26. The van der Waals surface area contributed by atoms with Gasteiger partial charge in [-0.15, -0.1) is 0 Å². The van der Waals surface area contributed by atoms with Crippen LogP contribution in [0.1, 0.15) is 77.6 Å². The van der Waals surface area contributed by atoms with Crippen molar-refractivity contribution in [1.29, 1.82) is 0 Å². The van der Waals surface area contributed by atoms with Crippen molar-refractivity contribution in [1.82, 2.24) is 42.5 Å². The molecule has 0 bridgehead atoms. The normalized spacial score (nSPS) is 14.0. The van der Waals surface area contributed by atoms with Crippen molar-refractivity contribution in [2.75, 3.05) is 32.8 Å². The summed E-state index contributed by atoms with van der Waals surface area (Å²) in [5.74, 6) is -15.1. The molecule has 33 nitrogen and oxygen atoms in total. The van der Waals surface area contributed by atoms with E-state index in [1.165, 1.54) is 0 Å². The van der Waals surface area contributed by atoms with E-state index in [4.69, 9.17) is 40.1 Å². The molecule has 0 radical (unpaired) electrons. The summed E-state index contributed by atoms with van der Waals surface area (Å²) in [5, 5.41) is 55.5. The number of unbranched alkanes of at least 4 members (excludes halogenated alkanes) is 1. The molecule has 26 N–H and O–H groups in total. The maximum Gasteiger partial charge on any atom is 0.326 e. The van der Waals surface area contributed by atoms with Crippen LogP contribution >= 0.6 is 0 Å². The summed E-state index contributed by atoms with van der Waals surface area (Å²) in [6.45, 7) is -0.388. The average Bonchev–Trinajstić information content (AvgIpc) is 3.29. The summed E-state index contributed by atoms with van der Waals surface area (Å²) < 4.78 is 0. The number of carbonyl (C=O) groups is 12. The van der Waals surface area contributed by atoms with Crippen LogP contribution in [-0.2, 0) is 57.5 Å². The molecule has 8 atom stereocenters. The molecule has 0 aromatic heterocycles. The summed E-state index contributed by atoms with van der Waals surface area (Å²) in [4.78, 5) is 160. The summed E-state index contributed by atoms with van der Waals surface area (Å²) in [7, 11) is 0. The first kappa shape index (κ1) is 64.1. The van der Waals surface area contributed by atoms with Crippen LogP contribution in [0.2, 0.25) is 0 Å². The number of amides is 9. The number of carboxylic acid groups (broad SMARTS) is 3. The smallest absolute Gasteiger partial charge is 0.326 e. The molecule has 0 aromatic carbocycles. The number of hydrogen-bond acceptors (Lipinski definition) is 17. The first-order valence-electron chi connectivity index (χ1n) is 22.2. The molecule has 0 unspecified atom stereocenters. The molecule has 0 saturated carbocycles. The Kier molecular flexibility index (Phi) is 30.6. The molecule has 0 saturated heterocycles. The molecule has 0 fully saturated rings. The second kappa shape index (κ2) is 34.4. The number of rotatable bonds is 37. The van der Waals surface area contributed by atoms with Gasteiger partial charge in [-0.05, 0) is 58.4 Å². The SMILES string of the molecule is C[C@H](NC(=O)[C@H](CCCN=C(N)N)NC(=O)[C@H](CC(N)=O)NC(=O)[C@H](CC(=O)O)NC(=O)[C@H](CCC(=O)O)NC(=O)[C@@H](N)CCCCN)C(=O)NCC(=O)N[C@@H](CO)C(=O)N[C@@H](CCCN=C(N)N)C(=O)O. The minimum absolute atomic E-state index is 0.0143. The molecule has 406 valence electrons. The number of carboxylic acids is 3. The number of aliphatic hydroxyl groups is 1. The third kappa shape index (κ3) is 27.9. The average molecular weight is 1030 g/mol. The summed E-state index contributed by atoms with van der Waals surface area (Å²) >= 11 is 0. The zero-order chi connectivity index (χ0) is 55.1. The van der Waals surface area contributed by atoms with Crippen LogP contribution in [0.15, 0.2) is 9.98 Å². The fourth-order valence-electron chi connectivity index (χ4n) is 6.01. The van der Waals surface area contributed by atoms with Gasteiger partial charge in [-0.1, -0.05) is 6.42 Å². The Morgan fingerprint density at radius 1 is 0.500 bits per heavy atom. The number of aliphatic hydroxyl groups excluding tert-OH is 1. The van der Waals surface area contributed by atoms with E-state index in [0.717, 1.165) is 6.92 Å². The minimum atomic E-state index is -2.03. The Bertz CT molecular complexity index is 1960. The number of nitrogens with two attached hydrogens (primary N) is 7. The highest BCUT2D eigenvalue weighted by atomic mass is 16.4. The van der Waals surface area contributed by atoms with Crippen LogP contribution in [0.4, 0.5) is 0 Å². The van der Waals surface area contributed by atoms with Crippen LogP contribution in [0.25, 0.3) is 0 Å². The van der Waals surface area contributed by atoms with Crippen molar-refractivity contribution >= 4 is 83.0 Å². The molecule has 0 aliphatic carbocycles. The molecular weight excluding hydrogens is 963 g/mol. The van der Waals surface area contributed by atoms with Crippen molar-refractivity contribution in [3.63, 3.8) is 0 Å². The number of nitrogens with zero attached hydrogens (tertiary/aromatic N) is 2. The van der Waals surface area contributed by atoms with Crippen LogP contribution in [0.3, 0.4) is 0 Å². The van der Waals surface area contributed by atoms with E-state index in [1.54, 1.807) is 0 Å². The standard InChI is InChI=1S/C39H69N17O16/c1-18(30(64)49-16-27(59)51-25(17-57)36(70)54-22(37(71)72)8-5-13-48-39(45)46)50-32(66)20(7-4-12-47-38(43)44)53-34(68)23(14-26(42)58)55-35(69)24(15-29(62)63)56-33(67)21(9-10-28(60)61)52-31(65)19(41)6-2-3-11-40/h18-25,57H,2-17,40-41H2,1H3,(H2,42,58)(H,49,64)(H,50,66)(H,51,59)(H,52,65)(H,53,68)(H,54,70)(H,55,69)(H,56,67)(H,60,61)(H,62,63)(H,71,72)(H4,43,44,47)(H4,45,46,48)/t18-,19-,20-,21-,22-,23-,24-,25-/m0/s1. The van der Waals surface area contributed by atoms with Crippen molar-refractivity contribution in [3.8, 4) is 0 Å².